The molecule has 0 aliphatic carbocycles. The maximum Gasteiger partial charge on any atom is 0.0834 e. The zero-order valence-electron chi connectivity index (χ0n) is 13.6. The molecule has 5 nitrogen and oxygen atoms in total. The van der Waals surface area contributed by atoms with Gasteiger partial charge in [0.05, 0.1) is 28.6 Å². The predicted molar refractivity (Wildman–Crippen MR) is 85.8 cm³/mol. The Morgan fingerprint density at radius 1 is 1.33 bits per heavy atom. The van der Waals surface area contributed by atoms with Crippen LogP contribution in [-0.2, 0) is 13.5 Å². The van der Waals surface area contributed by atoms with Crippen molar-refractivity contribution in [3.63, 3.8) is 0 Å². The Morgan fingerprint density at radius 3 is 2.48 bits per heavy atom. The topological polar surface area (TPSA) is 47.7 Å². The first kappa shape index (κ1) is 16.0. The van der Waals surface area contributed by atoms with Gasteiger partial charge < -0.3 is 5.32 Å². The van der Waals surface area contributed by atoms with Crippen LogP contribution in [0.25, 0.3) is 0 Å². The Hall–Kier alpha value is -1.33. The quantitative estimate of drug-likeness (QED) is 0.923. The Kier molecular flexibility index (Phi) is 4.74. The molecule has 0 aliphatic rings. The first-order valence-electron chi connectivity index (χ1n) is 7.26. The Bertz CT molecular complexity index is 626. The molecule has 0 aliphatic heterocycles. The highest BCUT2D eigenvalue weighted by Crippen LogP contribution is 2.29. The highest BCUT2D eigenvalue weighted by atomic mass is 35.5. The van der Waals surface area contributed by atoms with Gasteiger partial charge in [0.25, 0.3) is 0 Å². The van der Waals surface area contributed by atoms with Crippen LogP contribution in [0.4, 0.5) is 0 Å². The van der Waals surface area contributed by atoms with Crippen LogP contribution >= 0.6 is 11.6 Å². The van der Waals surface area contributed by atoms with Crippen LogP contribution in [0.2, 0.25) is 5.02 Å². The van der Waals surface area contributed by atoms with Crippen molar-refractivity contribution in [1.29, 1.82) is 0 Å². The van der Waals surface area contributed by atoms with E-state index in [2.05, 4.69) is 43.2 Å². The molecule has 2 aromatic rings. The van der Waals surface area contributed by atoms with E-state index in [-0.39, 0.29) is 12.1 Å². The number of aromatic nitrogens is 4. The first-order chi connectivity index (χ1) is 9.86. The minimum Gasteiger partial charge on any atom is -0.311 e. The van der Waals surface area contributed by atoms with Gasteiger partial charge >= 0.3 is 0 Å². The Labute approximate surface area is 131 Å². The molecule has 0 spiro atoms. The third-order valence-electron chi connectivity index (χ3n) is 4.02. The summed E-state index contributed by atoms with van der Waals surface area (Å²) in [6.07, 6.45) is 2.57. The summed E-state index contributed by atoms with van der Waals surface area (Å²) in [5, 5.41) is 13.0. The second-order valence-corrected chi connectivity index (χ2v) is 6.14. The monoisotopic (exact) mass is 309 g/mol. The molecule has 0 saturated carbocycles. The van der Waals surface area contributed by atoms with Crippen LogP contribution in [0.1, 0.15) is 48.6 Å². The van der Waals surface area contributed by atoms with Gasteiger partial charge in [0.1, 0.15) is 0 Å². The summed E-state index contributed by atoms with van der Waals surface area (Å²) in [4.78, 5) is 0. The number of likely N-dealkylation sites (N-methyl/N-ethyl adjacent to an activating group) is 1. The molecular weight excluding hydrogens is 286 g/mol. The highest BCUT2D eigenvalue weighted by molar-refractivity contribution is 6.31. The largest absolute Gasteiger partial charge is 0.311 e. The number of hydrogen-bond donors (Lipinski definition) is 1. The van der Waals surface area contributed by atoms with E-state index in [0.29, 0.717) is 5.02 Å². The molecule has 0 radical (unpaired) electrons. The Morgan fingerprint density at radius 2 is 2.00 bits per heavy atom. The molecule has 6 heteroatoms. The lowest BCUT2D eigenvalue weighted by atomic mass is 10.0. The summed E-state index contributed by atoms with van der Waals surface area (Å²) in [7, 11) is 3.94. The molecule has 0 saturated heterocycles. The second kappa shape index (κ2) is 6.20. The number of nitrogens with zero attached hydrogens (tertiary/aromatic N) is 4. The van der Waals surface area contributed by atoms with E-state index >= 15 is 0 Å². The van der Waals surface area contributed by atoms with Crippen LogP contribution in [0.3, 0.4) is 0 Å². The van der Waals surface area contributed by atoms with E-state index in [0.717, 1.165) is 17.8 Å². The number of hydrogen-bond acceptors (Lipinski definition) is 3. The maximum absolute atomic E-state index is 6.37. The van der Waals surface area contributed by atoms with Crippen LogP contribution in [0.15, 0.2) is 6.20 Å². The minimum absolute atomic E-state index is 0.115. The SMILES string of the molecule is CNC(Cc1c(C)nn(C)c1C)c1c(Cl)cnn1C(C)C. The second-order valence-electron chi connectivity index (χ2n) is 5.73. The lowest BCUT2D eigenvalue weighted by molar-refractivity contribution is 0.459. The van der Waals surface area contributed by atoms with Gasteiger partial charge in [0, 0.05) is 18.8 Å². The standard InChI is InChI=1S/C15H24ClN5/c1-9(2)21-15(13(16)8-18-21)14(17-5)7-12-10(3)19-20(6)11(12)4/h8-9,14,17H,7H2,1-6H3. The number of rotatable bonds is 5. The summed E-state index contributed by atoms with van der Waals surface area (Å²) < 4.78 is 3.92. The van der Waals surface area contributed by atoms with E-state index in [4.69, 9.17) is 11.6 Å². The number of halogens is 1. The summed E-state index contributed by atoms with van der Waals surface area (Å²) >= 11 is 6.37. The number of nitrogens with one attached hydrogen (secondary N) is 1. The average molecular weight is 310 g/mol. The molecule has 0 fully saturated rings. The van der Waals surface area contributed by atoms with Crippen LogP contribution in [0.5, 0.6) is 0 Å². The third-order valence-corrected chi connectivity index (χ3v) is 4.31. The van der Waals surface area contributed by atoms with Crippen molar-refractivity contribution >= 4 is 11.6 Å². The van der Waals surface area contributed by atoms with Gasteiger partial charge in [-0.15, -0.1) is 0 Å². The van der Waals surface area contributed by atoms with Gasteiger partial charge in [0.2, 0.25) is 0 Å². The maximum atomic E-state index is 6.37. The molecule has 1 unspecified atom stereocenters. The molecule has 0 amide bonds. The minimum atomic E-state index is 0.115. The summed E-state index contributed by atoms with van der Waals surface area (Å²) in [6.45, 7) is 8.38. The molecular formula is C15H24ClN5. The van der Waals surface area contributed by atoms with Gasteiger partial charge in [-0.25, -0.2) is 0 Å². The van der Waals surface area contributed by atoms with Gasteiger partial charge in [0.15, 0.2) is 0 Å². The predicted octanol–water partition coefficient (Wildman–Crippen LogP) is 2.97. The van der Waals surface area contributed by atoms with Crippen molar-refractivity contribution in [2.24, 2.45) is 7.05 Å². The van der Waals surface area contributed by atoms with E-state index in [9.17, 15) is 0 Å². The van der Waals surface area contributed by atoms with Crippen molar-refractivity contribution in [3.8, 4) is 0 Å². The normalized spacial score (nSPS) is 13.1. The third kappa shape index (κ3) is 2.99. The zero-order chi connectivity index (χ0) is 15.7. The fraction of sp³-hybridized carbons (Fsp3) is 0.600. The lowest BCUT2D eigenvalue weighted by Crippen LogP contribution is -2.24. The fourth-order valence-electron chi connectivity index (χ4n) is 2.74. The van der Waals surface area contributed by atoms with Gasteiger partial charge in [-0.3, -0.25) is 9.36 Å². The molecule has 0 aromatic carbocycles. The smallest absolute Gasteiger partial charge is 0.0834 e. The number of aryl methyl sites for hydroxylation is 2. The van der Waals surface area contributed by atoms with Gasteiger partial charge in [-0.05, 0) is 46.7 Å². The average Bonchev–Trinajstić information content (AvgIpc) is 2.91. The zero-order valence-corrected chi connectivity index (χ0v) is 14.4. The van der Waals surface area contributed by atoms with Crippen LogP contribution in [-0.4, -0.2) is 26.6 Å². The van der Waals surface area contributed by atoms with Crippen molar-refractivity contribution in [3.05, 3.63) is 33.9 Å². The van der Waals surface area contributed by atoms with E-state index in [1.807, 2.05) is 23.5 Å². The Balaban J connectivity index is 2.39. The van der Waals surface area contributed by atoms with Gasteiger partial charge in [-0.1, -0.05) is 11.6 Å². The molecule has 1 N–H and O–H groups in total. The summed E-state index contributed by atoms with van der Waals surface area (Å²) in [6, 6.07) is 0.392. The molecule has 0 bridgehead atoms. The fourth-order valence-corrected chi connectivity index (χ4v) is 3.00. The molecule has 2 aromatic heterocycles. The molecule has 1 atom stereocenters. The summed E-state index contributed by atoms with van der Waals surface area (Å²) in [5.74, 6) is 0. The van der Waals surface area contributed by atoms with Crippen molar-refractivity contribution < 1.29 is 0 Å². The van der Waals surface area contributed by atoms with Gasteiger partial charge in [-0.2, -0.15) is 10.2 Å². The highest BCUT2D eigenvalue weighted by Gasteiger charge is 2.23. The van der Waals surface area contributed by atoms with E-state index in [1.165, 1.54) is 11.3 Å². The van der Waals surface area contributed by atoms with E-state index in [1.54, 1.807) is 6.20 Å². The summed E-state index contributed by atoms with van der Waals surface area (Å²) in [5.41, 5.74) is 4.57. The molecule has 21 heavy (non-hydrogen) atoms. The van der Waals surface area contributed by atoms with E-state index < -0.39 is 0 Å². The van der Waals surface area contributed by atoms with Crippen molar-refractivity contribution in [2.75, 3.05) is 7.05 Å². The first-order valence-corrected chi connectivity index (χ1v) is 7.63. The molecule has 116 valence electrons. The van der Waals surface area contributed by atoms with Crippen LogP contribution in [0, 0.1) is 13.8 Å². The molecule has 2 rings (SSSR count). The van der Waals surface area contributed by atoms with Crippen molar-refractivity contribution in [2.45, 2.75) is 46.2 Å². The van der Waals surface area contributed by atoms with Crippen LogP contribution < -0.4 is 5.32 Å². The molecule has 2 heterocycles. The lowest BCUT2D eigenvalue weighted by Gasteiger charge is -2.21. The van der Waals surface area contributed by atoms with Crippen molar-refractivity contribution in [1.82, 2.24) is 24.9 Å².